The molecule has 24 heavy (non-hydrogen) atoms. The number of benzene rings is 2. The molecule has 5 nitrogen and oxygen atoms in total. The summed E-state index contributed by atoms with van der Waals surface area (Å²) in [5.74, 6) is 1.24. The van der Waals surface area contributed by atoms with Crippen molar-refractivity contribution in [3.63, 3.8) is 0 Å². The maximum absolute atomic E-state index is 12.4. The first-order valence-corrected chi connectivity index (χ1v) is 7.97. The molecule has 128 valence electrons. The minimum Gasteiger partial charge on any atom is -0.491 e. The van der Waals surface area contributed by atoms with E-state index in [9.17, 15) is 4.79 Å². The molecule has 0 aliphatic carbocycles. The summed E-state index contributed by atoms with van der Waals surface area (Å²) in [5.41, 5.74) is 0.703. The molecule has 1 amide bonds. The highest BCUT2D eigenvalue weighted by atomic mass is 16.5. The fraction of sp³-hybridized carbons (Fsp3) is 0.316. The van der Waals surface area contributed by atoms with Crippen molar-refractivity contribution in [1.29, 1.82) is 0 Å². The zero-order valence-electron chi connectivity index (χ0n) is 14.0. The van der Waals surface area contributed by atoms with E-state index in [-0.39, 0.29) is 5.91 Å². The second-order valence-corrected chi connectivity index (χ2v) is 5.18. The van der Waals surface area contributed by atoms with Crippen molar-refractivity contribution >= 4 is 11.6 Å². The van der Waals surface area contributed by atoms with Crippen molar-refractivity contribution in [3.05, 3.63) is 54.6 Å². The van der Waals surface area contributed by atoms with Gasteiger partial charge in [-0.05, 0) is 42.8 Å². The third kappa shape index (κ3) is 5.59. The smallest absolute Gasteiger partial charge is 0.265 e. The van der Waals surface area contributed by atoms with Gasteiger partial charge in [0.25, 0.3) is 5.91 Å². The van der Waals surface area contributed by atoms with Gasteiger partial charge in [-0.1, -0.05) is 25.1 Å². The number of carbonyl (C=O) groups excluding carboxylic acids is 1. The van der Waals surface area contributed by atoms with Crippen LogP contribution in [-0.2, 0) is 9.53 Å². The summed E-state index contributed by atoms with van der Waals surface area (Å²) in [6.45, 7) is 2.94. The third-order valence-electron chi connectivity index (χ3n) is 3.36. The van der Waals surface area contributed by atoms with E-state index in [0.29, 0.717) is 31.1 Å². The molecule has 0 aromatic heterocycles. The Labute approximate surface area is 142 Å². The topological polar surface area (TPSA) is 56.8 Å². The fourth-order valence-electron chi connectivity index (χ4n) is 2.09. The van der Waals surface area contributed by atoms with Crippen LogP contribution in [0.2, 0.25) is 0 Å². The highest BCUT2D eigenvalue weighted by molar-refractivity contribution is 5.94. The second-order valence-electron chi connectivity index (χ2n) is 5.18. The van der Waals surface area contributed by atoms with Gasteiger partial charge in [0.15, 0.2) is 6.10 Å². The Morgan fingerprint density at radius 1 is 1.00 bits per heavy atom. The molecule has 0 aliphatic rings. The summed E-state index contributed by atoms with van der Waals surface area (Å²) in [5, 5.41) is 2.86. The Morgan fingerprint density at radius 2 is 1.71 bits per heavy atom. The van der Waals surface area contributed by atoms with Crippen molar-refractivity contribution in [1.82, 2.24) is 0 Å². The second kappa shape index (κ2) is 9.57. The number of rotatable bonds is 9. The third-order valence-corrected chi connectivity index (χ3v) is 3.36. The molecular formula is C19H23NO4. The molecule has 0 bridgehead atoms. The molecular weight excluding hydrogens is 306 g/mol. The Morgan fingerprint density at radius 3 is 2.33 bits per heavy atom. The van der Waals surface area contributed by atoms with Crippen LogP contribution < -0.4 is 14.8 Å². The van der Waals surface area contributed by atoms with E-state index < -0.39 is 6.10 Å². The van der Waals surface area contributed by atoms with Crippen LogP contribution in [0.4, 0.5) is 5.69 Å². The van der Waals surface area contributed by atoms with Crippen molar-refractivity contribution < 1.29 is 19.0 Å². The lowest BCUT2D eigenvalue weighted by Gasteiger charge is -2.17. The van der Waals surface area contributed by atoms with Crippen LogP contribution in [0.5, 0.6) is 11.5 Å². The molecule has 0 spiro atoms. The molecule has 0 heterocycles. The largest absolute Gasteiger partial charge is 0.491 e. The van der Waals surface area contributed by atoms with Crippen molar-refractivity contribution in [2.75, 3.05) is 25.6 Å². The number of carbonyl (C=O) groups is 1. The molecule has 0 fully saturated rings. The van der Waals surface area contributed by atoms with Crippen LogP contribution in [0, 0.1) is 0 Å². The lowest BCUT2D eigenvalue weighted by Crippen LogP contribution is -2.32. The van der Waals surface area contributed by atoms with Gasteiger partial charge < -0.3 is 19.5 Å². The molecule has 0 saturated heterocycles. The number of methoxy groups -OCH3 is 1. The maximum Gasteiger partial charge on any atom is 0.265 e. The quantitative estimate of drug-likeness (QED) is 0.715. The lowest BCUT2D eigenvalue weighted by atomic mass is 10.2. The number of hydrogen-bond acceptors (Lipinski definition) is 4. The summed E-state index contributed by atoms with van der Waals surface area (Å²) in [6.07, 6.45) is 0.0453. The number of anilines is 1. The van der Waals surface area contributed by atoms with Crippen molar-refractivity contribution in [3.8, 4) is 11.5 Å². The summed E-state index contributed by atoms with van der Waals surface area (Å²) in [4.78, 5) is 12.4. The zero-order valence-corrected chi connectivity index (χ0v) is 14.0. The van der Waals surface area contributed by atoms with Crippen LogP contribution in [0.3, 0.4) is 0 Å². The fourth-order valence-corrected chi connectivity index (χ4v) is 2.09. The Kier molecular flexibility index (Phi) is 7.11. The Bertz CT molecular complexity index is 613. The van der Waals surface area contributed by atoms with Crippen molar-refractivity contribution in [2.45, 2.75) is 19.4 Å². The Hall–Kier alpha value is -2.53. The monoisotopic (exact) mass is 329 g/mol. The molecule has 2 rings (SSSR count). The van der Waals surface area contributed by atoms with Gasteiger partial charge in [0, 0.05) is 12.8 Å². The molecule has 0 aliphatic heterocycles. The standard InChI is InChI=1S/C19H23NO4/c1-3-18(24-17-7-5-4-6-8-17)19(21)20-15-9-11-16(12-10-15)23-14-13-22-2/h4-12,18H,3,13-14H2,1-2H3,(H,20,21). The summed E-state index contributed by atoms with van der Waals surface area (Å²) >= 11 is 0. The number of ether oxygens (including phenoxy) is 3. The van der Waals surface area contributed by atoms with Gasteiger partial charge in [0.05, 0.1) is 6.61 Å². The van der Waals surface area contributed by atoms with Gasteiger partial charge >= 0.3 is 0 Å². The normalized spacial score (nSPS) is 11.6. The zero-order chi connectivity index (χ0) is 17.2. The average molecular weight is 329 g/mol. The number of amides is 1. The van der Waals surface area contributed by atoms with Gasteiger partial charge in [0.1, 0.15) is 18.1 Å². The van der Waals surface area contributed by atoms with E-state index in [0.717, 1.165) is 5.75 Å². The first-order valence-electron chi connectivity index (χ1n) is 7.97. The molecule has 1 unspecified atom stereocenters. The first kappa shape index (κ1) is 17.8. The summed E-state index contributed by atoms with van der Waals surface area (Å²) in [7, 11) is 1.63. The molecule has 0 saturated carbocycles. The number of nitrogens with one attached hydrogen (secondary N) is 1. The predicted octanol–water partition coefficient (Wildman–Crippen LogP) is 3.51. The first-order chi connectivity index (χ1) is 11.7. The van der Waals surface area contributed by atoms with E-state index >= 15 is 0 Å². The van der Waals surface area contributed by atoms with E-state index in [1.54, 1.807) is 19.2 Å². The minimum absolute atomic E-state index is 0.172. The lowest BCUT2D eigenvalue weighted by molar-refractivity contribution is -0.122. The molecule has 0 radical (unpaired) electrons. The van der Waals surface area contributed by atoms with E-state index in [2.05, 4.69) is 5.32 Å². The van der Waals surface area contributed by atoms with E-state index in [4.69, 9.17) is 14.2 Å². The van der Waals surface area contributed by atoms with Gasteiger partial charge in [-0.3, -0.25) is 4.79 Å². The van der Waals surface area contributed by atoms with Gasteiger partial charge in [-0.25, -0.2) is 0 Å². The van der Waals surface area contributed by atoms with Crippen LogP contribution in [0.1, 0.15) is 13.3 Å². The molecule has 2 aromatic carbocycles. The van der Waals surface area contributed by atoms with Gasteiger partial charge in [-0.2, -0.15) is 0 Å². The van der Waals surface area contributed by atoms with Crippen LogP contribution in [-0.4, -0.2) is 32.3 Å². The molecule has 1 N–H and O–H groups in total. The predicted molar refractivity (Wildman–Crippen MR) is 93.6 cm³/mol. The summed E-state index contributed by atoms with van der Waals surface area (Å²) in [6, 6.07) is 16.6. The molecule has 2 aromatic rings. The highest BCUT2D eigenvalue weighted by Gasteiger charge is 2.18. The van der Waals surface area contributed by atoms with Crippen LogP contribution in [0.15, 0.2) is 54.6 Å². The SMILES string of the molecule is CCC(Oc1ccccc1)C(=O)Nc1ccc(OCCOC)cc1. The average Bonchev–Trinajstić information content (AvgIpc) is 2.62. The number of hydrogen-bond donors (Lipinski definition) is 1. The molecule has 5 heteroatoms. The minimum atomic E-state index is -0.537. The van der Waals surface area contributed by atoms with Crippen LogP contribution >= 0.6 is 0 Å². The summed E-state index contributed by atoms with van der Waals surface area (Å²) < 4.78 is 16.2. The van der Waals surface area contributed by atoms with E-state index in [1.165, 1.54) is 0 Å². The number of para-hydroxylation sites is 1. The Balaban J connectivity index is 1.90. The van der Waals surface area contributed by atoms with Gasteiger partial charge in [0.2, 0.25) is 0 Å². The molecule has 1 atom stereocenters. The maximum atomic E-state index is 12.4. The van der Waals surface area contributed by atoms with E-state index in [1.807, 2.05) is 49.4 Å². The van der Waals surface area contributed by atoms with Crippen LogP contribution in [0.25, 0.3) is 0 Å². The van der Waals surface area contributed by atoms with Gasteiger partial charge in [-0.15, -0.1) is 0 Å². The van der Waals surface area contributed by atoms with Crippen molar-refractivity contribution in [2.24, 2.45) is 0 Å². The highest BCUT2D eigenvalue weighted by Crippen LogP contribution is 2.17.